The first-order valence-electron chi connectivity index (χ1n) is 9.96. The number of methoxy groups -OCH3 is 1. The number of rotatable bonds is 12. The van der Waals surface area contributed by atoms with E-state index in [9.17, 15) is 22.8 Å². The van der Waals surface area contributed by atoms with Crippen molar-refractivity contribution in [2.24, 2.45) is 0 Å². The zero-order valence-electron chi connectivity index (χ0n) is 17.1. The van der Waals surface area contributed by atoms with E-state index in [0.29, 0.717) is 18.4 Å². The van der Waals surface area contributed by atoms with E-state index < -0.39 is 12.1 Å². The predicted molar refractivity (Wildman–Crippen MR) is 106 cm³/mol. The average molecular weight is 413 g/mol. The van der Waals surface area contributed by atoms with Gasteiger partial charge in [0.05, 0.1) is 7.11 Å². The molecule has 162 valence electrons. The van der Waals surface area contributed by atoms with Crippen LogP contribution in [0.2, 0.25) is 0 Å². The minimum Gasteiger partial charge on any atom is -0.466 e. The molecule has 0 radical (unpaired) electrons. The van der Waals surface area contributed by atoms with Crippen LogP contribution < -0.4 is 5.32 Å². The van der Waals surface area contributed by atoms with Crippen LogP contribution in [0, 0.1) is 0 Å². The van der Waals surface area contributed by atoms with Crippen LogP contribution in [0.1, 0.15) is 63.4 Å². The van der Waals surface area contributed by atoms with E-state index in [1.165, 1.54) is 7.11 Å². The van der Waals surface area contributed by atoms with Crippen molar-refractivity contribution >= 4 is 11.9 Å². The molecule has 1 amide bonds. The molecule has 0 bridgehead atoms. The number of unbranched alkanes of at least 4 members (excludes halogenated alkanes) is 2. The third kappa shape index (κ3) is 9.63. The van der Waals surface area contributed by atoms with Gasteiger partial charge < -0.3 is 10.1 Å². The first kappa shape index (κ1) is 24.7. The van der Waals surface area contributed by atoms with Crippen LogP contribution in [-0.2, 0) is 14.3 Å². The summed E-state index contributed by atoms with van der Waals surface area (Å²) < 4.78 is 41.8. The summed E-state index contributed by atoms with van der Waals surface area (Å²) in [4.78, 5) is 22.7. The fraction of sp³-hybridized carbons (Fsp3) is 0.545. The molecule has 0 aliphatic rings. The van der Waals surface area contributed by atoms with Crippen molar-refractivity contribution in [3.8, 4) is 0 Å². The Morgan fingerprint density at radius 1 is 1.10 bits per heavy atom. The smallest absolute Gasteiger partial charge is 0.466 e. The number of carbonyl (C=O) groups excluding carboxylic acids is 2. The molecule has 1 aromatic carbocycles. The van der Waals surface area contributed by atoms with Crippen molar-refractivity contribution in [3.05, 3.63) is 47.5 Å². The second-order valence-electron chi connectivity index (χ2n) is 6.88. The molecule has 1 rings (SSSR count). The molecule has 0 aliphatic heterocycles. The van der Waals surface area contributed by atoms with Gasteiger partial charge in [-0.3, -0.25) is 4.79 Å². The largest absolute Gasteiger partial charge is 0.471 e. The van der Waals surface area contributed by atoms with Crippen molar-refractivity contribution in [1.82, 2.24) is 5.32 Å². The molecule has 1 atom stereocenters. The molecule has 4 nitrogen and oxygen atoms in total. The molecule has 0 aromatic heterocycles. The first-order valence-corrected chi connectivity index (χ1v) is 9.96. The van der Waals surface area contributed by atoms with Crippen LogP contribution in [0.15, 0.2) is 42.0 Å². The summed E-state index contributed by atoms with van der Waals surface area (Å²) in [6, 6.07) is 9.59. The summed E-state index contributed by atoms with van der Waals surface area (Å²) in [5, 5.41) is 1.95. The van der Waals surface area contributed by atoms with E-state index in [1.807, 2.05) is 48.6 Å². The number of hydrogen-bond donors (Lipinski definition) is 1. The number of benzene rings is 1. The summed E-state index contributed by atoms with van der Waals surface area (Å²) in [6.07, 6.45) is 2.30. The lowest BCUT2D eigenvalue weighted by atomic mass is 9.90. The molecular weight excluding hydrogens is 383 g/mol. The Labute approximate surface area is 170 Å². The quantitative estimate of drug-likeness (QED) is 0.287. The average Bonchev–Trinajstić information content (AvgIpc) is 2.70. The van der Waals surface area contributed by atoms with Gasteiger partial charge >= 0.3 is 18.1 Å². The first-order chi connectivity index (χ1) is 13.8. The second-order valence-corrected chi connectivity index (χ2v) is 6.88. The molecule has 0 saturated heterocycles. The van der Waals surface area contributed by atoms with Gasteiger partial charge in [0.15, 0.2) is 0 Å². The maximum absolute atomic E-state index is 12.3. The van der Waals surface area contributed by atoms with E-state index in [4.69, 9.17) is 4.74 Å². The Hall–Kier alpha value is -2.31. The lowest BCUT2D eigenvalue weighted by molar-refractivity contribution is -0.173. The molecule has 29 heavy (non-hydrogen) atoms. The van der Waals surface area contributed by atoms with Crippen LogP contribution in [-0.4, -0.2) is 31.7 Å². The lowest BCUT2D eigenvalue weighted by Gasteiger charge is -2.18. The molecule has 0 fully saturated rings. The van der Waals surface area contributed by atoms with E-state index in [2.05, 4.69) is 0 Å². The van der Waals surface area contributed by atoms with Gasteiger partial charge in [0.25, 0.3) is 0 Å². The van der Waals surface area contributed by atoms with Crippen LogP contribution in [0.3, 0.4) is 0 Å². The number of ether oxygens (including phenoxy) is 1. The zero-order chi connectivity index (χ0) is 21.7. The number of nitrogens with one attached hydrogen (secondary N) is 1. The van der Waals surface area contributed by atoms with E-state index in [0.717, 1.165) is 37.7 Å². The fourth-order valence-corrected chi connectivity index (χ4v) is 3.21. The van der Waals surface area contributed by atoms with Crippen LogP contribution in [0.4, 0.5) is 13.2 Å². The number of amides is 1. The van der Waals surface area contributed by atoms with Crippen molar-refractivity contribution in [1.29, 1.82) is 0 Å². The number of carbonyl (C=O) groups is 2. The number of alkyl halides is 3. The summed E-state index contributed by atoms with van der Waals surface area (Å²) in [5.74, 6) is -2.13. The van der Waals surface area contributed by atoms with Crippen LogP contribution in [0.25, 0.3) is 0 Å². The molecule has 0 aliphatic carbocycles. The van der Waals surface area contributed by atoms with E-state index >= 15 is 0 Å². The maximum atomic E-state index is 12.3. The molecular formula is C22H30F3NO3. The number of hydrogen-bond acceptors (Lipinski definition) is 3. The number of esters is 1. The maximum Gasteiger partial charge on any atom is 0.471 e. The summed E-state index contributed by atoms with van der Waals surface area (Å²) in [7, 11) is 1.37. The SMILES string of the molecule is CCC=C(CCCCCC(CCNC(=O)C(F)(F)F)c1ccccc1)C(=O)OC. The van der Waals surface area contributed by atoms with E-state index in [1.54, 1.807) is 0 Å². The third-order valence-corrected chi connectivity index (χ3v) is 4.70. The topological polar surface area (TPSA) is 55.4 Å². The van der Waals surface area contributed by atoms with E-state index in [-0.39, 0.29) is 18.4 Å². The van der Waals surface area contributed by atoms with Gasteiger partial charge in [0, 0.05) is 12.1 Å². The number of halogens is 3. The Kier molecular flexibility index (Phi) is 11.1. The molecule has 1 unspecified atom stereocenters. The van der Waals surface area contributed by atoms with Gasteiger partial charge in [-0.1, -0.05) is 56.2 Å². The molecule has 0 saturated carbocycles. The Bertz CT molecular complexity index is 657. The molecule has 0 heterocycles. The highest BCUT2D eigenvalue weighted by molar-refractivity contribution is 5.88. The Morgan fingerprint density at radius 2 is 1.79 bits per heavy atom. The Morgan fingerprint density at radius 3 is 2.38 bits per heavy atom. The monoisotopic (exact) mass is 413 g/mol. The summed E-state index contributed by atoms with van der Waals surface area (Å²) in [5.41, 5.74) is 1.74. The van der Waals surface area contributed by atoms with Crippen LogP contribution >= 0.6 is 0 Å². The predicted octanol–water partition coefficient (Wildman–Crippen LogP) is 5.30. The molecule has 0 spiro atoms. The second kappa shape index (κ2) is 13.0. The third-order valence-electron chi connectivity index (χ3n) is 4.70. The number of allylic oxidation sites excluding steroid dienone is 1. The van der Waals surface area contributed by atoms with Gasteiger partial charge in [-0.25, -0.2) is 4.79 Å². The van der Waals surface area contributed by atoms with Crippen molar-refractivity contribution in [3.63, 3.8) is 0 Å². The van der Waals surface area contributed by atoms with Crippen molar-refractivity contribution < 1.29 is 27.5 Å². The molecule has 7 heteroatoms. The highest BCUT2D eigenvalue weighted by Gasteiger charge is 2.38. The van der Waals surface area contributed by atoms with Crippen molar-refractivity contribution in [2.75, 3.05) is 13.7 Å². The highest BCUT2D eigenvalue weighted by atomic mass is 19.4. The minimum absolute atomic E-state index is 0.0242. The zero-order valence-corrected chi connectivity index (χ0v) is 17.1. The van der Waals surface area contributed by atoms with Gasteiger partial charge in [0.2, 0.25) is 0 Å². The minimum atomic E-state index is -4.86. The Balaban J connectivity index is 2.51. The lowest BCUT2D eigenvalue weighted by Crippen LogP contribution is -2.37. The van der Waals surface area contributed by atoms with Gasteiger partial charge in [-0.15, -0.1) is 0 Å². The van der Waals surface area contributed by atoms with Gasteiger partial charge in [-0.05, 0) is 43.6 Å². The van der Waals surface area contributed by atoms with Crippen molar-refractivity contribution in [2.45, 2.75) is 64.0 Å². The van der Waals surface area contributed by atoms with Gasteiger partial charge in [0.1, 0.15) is 0 Å². The summed E-state index contributed by atoms with van der Waals surface area (Å²) in [6.45, 7) is 1.94. The fourth-order valence-electron chi connectivity index (χ4n) is 3.21. The molecule has 1 N–H and O–H groups in total. The molecule has 1 aromatic rings. The van der Waals surface area contributed by atoms with Gasteiger partial charge in [-0.2, -0.15) is 13.2 Å². The normalized spacial score (nSPS) is 13.1. The summed E-state index contributed by atoms with van der Waals surface area (Å²) >= 11 is 0. The van der Waals surface area contributed by atoms with Crippen LogP contribution in [0.5, 0.6) is 0 Å². The standard InChI is InChI=1S/C22H30F3NO3/c1-3-10-19(20(27)29-2)14-9-5-8-13-18(17-11-6-4-7-12-17)15-16-26-21(28)22(23,24)25/h4,6-7,10-12,18H,3,5,8-9,13-16H2,1-2H3,(H,26,28). The highest BCUT2D eigenvalue weighted by Crippen LogP contribution is 2.26.